The van der Waals surface area contributed by atoms with Gasteiger partial charge in [-0.1, -0.05) is 45.2 Å². The molecule has 2 aromatic carbocycles. The zero-order valence-electron chi connectivity index (χ0n) is 10.6. The van der Waals surface area contributed by atoms with Gasteiger partial charge in [-0.25, -0.2) is 0 Å². The largest absolute Gasteiger partial charge is 0.300 e. The van der Waals surface area contributed by atoms with Crippen LogP contribution in [0.5, 0.6) is 0 Å². The van der Waals surface area contributed by atoms with Crippen LogP contribution in [0, 0.1) is 0 Å². The molecule has 0 atom stereocenters. The van der Waals surface area contributed by atoms with Crippen molar-refractivity contribution in [1.82, 2.24) is 0 Å². The normalized spacial score (nSPS) is 13.8. The highest BCUT2D eigenvalue weighted by molar-refractivity contribution is 9.10. The van der Waals surface area contributed by atoms with Crippen molar-refractivity contribution in [3.8, 4) is 0 Å². The molecule has 1 amide bonds. The number of amides is 1. The smallest absolute Gasteiger partial charge is 0.299 e. The van der Waals surface area contributed by atoms with Crippen molar-refractivity contribution >= 4 is 56.5 Å². The van der Waals surface area contributed by atoms with E-state index in [1.165, 1.54) is 4.90 Å². The molecular weight excluding hydrogens is 377 g/mol. The van der Waals surface area contributed by atoms with E-state index in [0.29, 0.717) is 21.3 Å². The molecule has 3 nitrogen and oxygen atoms in total. The van der Waals surface area contributed by atoms with Crippen LogP contribution < -0.4 is 4.90 Å². The zero-order chi connectivity index (χ0) is 15.1. The average molecular weight is 385 g/mol. The van der Waals surface area contributed by atoms with E-state index >= 15 is 0 Å². The standard InChI is InChI=1S/C15H8BrCl2NO2/c16-9-2-4-11-13(5-9)19(15(21)14(11)20)7-8-1-3-10(17)6-12(8)18/h1-6H,7H2. The summed E-state index contributed by atoms with van der Waals surface area (Å²) in [4.78, 5) is 25.6. The minimum absolute atomic E-state index is 0.226. The highest BCUT2D eigenvalue weighted by Crippen LogP contribution is 2.34. The second kappa shape index (κ2) is 5.44. The number of hydrogen-bond acceptors (Lipinski definition) is 2. The van der Waals surface area contributed by atoms with E-state index in [1.807, 2.05) is 0 Å². The first-order chi connectivity index (χ1) is 9.97. The van der Waals surface area contributed by atoms with Gasteiger partial charge in [0.25, 0.3) is 11.7 Å². The Balaban J connectivity index is 2.02. The molecule has 21 heavy (non-hydrogen) atoms. The molecule has 0 aromatic heterocycles. The molecular formula is C15H8BrCl2NO2. The second-order valence-corrected chi connectivity index (χ2v) is 6.38. The molecule has 1 aliphatic rings. The van der Waals surface area contributed by atoms with Crippen molar-refractivity contribution < 1.29 is 9.59 Å². The Labute approximate surface area is 139 Å². The van der Waals surface area contributed by atoms with Crippen LogP contribution in [-0.2, 0) is 11.3 Å². The number of fused-ring (bicyclic) bond motifs is 1. The van der Waals surface area contributed by atoms with E-state index in [-0.39, 0.29) is 6.54 Å². The molecule has 0 bridgehead atoms. The average Bonchev–Trinajstić information content (AvgIpc) is 2.66. The van der Waals surface area contributed by atoms with Gasteiger partial charge in [-0.2, -0.15) is 0 Å². The fraction of sp³-hybridized carbons (Fsp3) is 0.0667. The number of hydrogen-bond donors (Lipinski definition) is 0. The summed E-state index contributed by atoms with van der Waals surface area (Å²) in [5.41, 5.74) is 1.73. The van der Waals surface area contributed by atoms with Gasteiger partial charge in [0.1, 0.15) is 0 Å². The monoisotopic (exact) mass is 383 g/mol. The summed E-state index contributed by atoms with van der Waals surface area (Å²) in [5.74, 6) is -1.04. The third-order valence-electron chi connectivity index (χ3n) is 3.28. The van der Waals surface area contributed by atoms with Crippen molar-refractivity contribution in [1.29, 1.82) is 0 Å². The lowest BCUT2D eigenvalue weighted by Gasteiger charge is -2.17. The molecule has 0 saturated heterocycles. The van der Waals surface area contributed by atoms with E-state index in [0.717, 1.165) is 10.0 Å². The number of carbonyl (C=O) groups excluding carboxylic acids is 2. The fourth-order valence-corrected chi connectivity index (χ4v) is 3.06. The number of rotatable bonds is 2. The maximum Gasteiger partial charge on any atom is 0.299 e. The highest BCUT2D eigenvalue weighted by atomic mass is 79.9. The molecule has 0 unspecified atom stereocenters. The van der Waals surface area contributed by atoms with Gasteiger partial charge in [0.2, 0.25) is 0 Å². The first-order valence-electron chi connectivity index (χ1n) is 6.07. The maximum absolute atomic E-state index is 12.1. The lowest BCUT2D eigenvalue weighted by molar-refractivity contribution is -0.114. The molecule has 3 rings (SSSR count). The molecule has 0 fully saturated rings. The van der Waals surface area contributed by atoms with Gasteiger partial charge in [-0.05, 0) is 35.9 Å². The number of anilines is 1. The summed E-state index contributed by atoms with van der Waals surface area (Å²) in [6.45, 7) is 0.226. The van der Waals surface area contributed by atoms with Crippen LogP contribution >= 0.6 is 39.1 Å². The molecule has 0 N–H and O–H groups in total. The Morgan fingerprint density at radius 2 is 1.81 bits per heavy atom. The van der Waals surface area contributed by atoms with Gasteiger partial charge >= 0.3 is 0 Å². The summed E-state index contributed by atoms with van der Waals surface area (Å²) in [6.07, 6.45) is 0. The number of nitrogens with zero attached hydrogens (tertiary/aromatic N) is 1. The van der Waals surface area contributed by atoms with Gasteiger partial charge in [0.05, 0.1) is 17.8 Å². The van der Waals surface area contributed by atoms with Crippen LogP contribution in [0.15, 0.2) is 40.9 Å². The quantitative estimate of drug-likeness (QED) is 0.715. The molecule has 1 heterocycles. The topological polar surface area (TPSA) is 37.4 Å². The van der Waals surface area contributed by atoms with Crippen LogP contribution in [0.2, 0.25) is 10.0 Å². The maximum atomic E-state index is 12.1. The lowest BCUT2D eigenvalue weighted by atomic mass is 10.1. The Hall–Kier alpha value is -1.36. The lowest BCUT2D eigenvalue weighted by Crippen LogP contribution is -2.29. The summed E-state index contributed by atoms with van der Waals surface area (Å²) in [5, 5.41) is 0.988. The predicted octanol–water partition coefficient (Wildman–Crippen LogP) is 4.49. The third-order valence-corrected chi connectivity index (χ3v) is 4.36. The number of Topliss-reactive ketones (excluding diaryl/α,β-unsaturated/α-hetero) is 1. The van der Waals surface area contributed by atoms with Crippen LogP contribution in [-0.4, -0.2) is 11.7 Å². The predicted molar refractivity (Wildman–Crippen MR) is 86.1 cm³/mol. The first-order valence-corrected chi connectivity index (χ1v) is 7.62. The molecule has 6 heteroatoms. The van der Waals surface area contributed by atoms with E-state index in [2.05, 4.69) is 15.9 Å². The molecule has 0 aliphatic carbocycles. The molecule has 2 aromatic rings. The van der Waals surface area contributed by atoms with Crippen molar-refractivity contribution in [2.75, 3.05) is 4.90 Å². The first kappa shape index (κ1) is 14.6. The minimum atomic E-state index is -0.547. The van der Waals surface area contributed by atoms with Crippen molar-refractivity contribution in [2.45, 2.75) is 6.54 Å². The minimum Gasteiger partial charge on any atom is -0.300 e. The Bertz CT molecular complexity index is 776. The zero-order valence-corrected chi connectivity index (χ0v) is 13.7. The van der Waals surface area contributed by atoms with Gasteiger partial charge in [0.15, 0.2) is 0 Å². The Morgan fingerprint density at radius 1 is 1.05 bits per heavy atom. The molecule has 106 valence electrons. The van der Waals surface area contributed by atoms with Gasteiger partial charge in [-0.15, -0.1) is 0 Å². The van der Waals surface area contributed by atoms with Gasteiger partial charge in [0, 0.05) is 14.5 Å². The molecule has 0 spiro atoms. The van der Waals surface area contributed by atoms with Crippen molar-refractivity contribution in [2.24, 2.45) is 0 Å². The fourth-order valence-electron chi connectivity index (χ4n) is 2.24. The molecule has 0 radical (unpaired) electrons. The summed E-state index contributed by atoms with van der Waals surface area (Å²) in [7, 11) is 0. The highest BCUT2D eigenvalue weighted by Gasteiger charge is 2.36. The number of halogens is 3. The van der Waals surface area contributed by atoms with Crippen LogP contribution in [0.1, 0.15) is 15.9 Å². The summed E-state index contributed by atoms with van der Waals surface area (Å²) >= 11 is 15.3. The number of benzene rings is 2. The van der Waals surface area contributed by atoms with Crippen LogP contribution in [0.4, 0.5) is 5.69 Å². The van der Waals surface area contributed by atoms with E-state index in [4.69, 9.17) is 23.2 Å². The van der Waals surface area contributed by atoms with E-state index in [1.54, 1.807) is 36.4 Å². The molecule has 1 aliphatic heterocycles. The molecule has 0 saturated carbocycles. The van der Waals surface area contributed by atoms with E-state index < -0.39 is 11.7 Å². The number of carbonyl (C=O) groups is 2. The summed E-state index contributed by atoms with van der Waals surface area (Å²) < 4.78 is 0.802. The van der Waals surface area contributed by atoms with E-state index in [9.17, 15) is 9.59 Å². The third kappa shape index (κ3) is 2.59. The van der Waals surface area contributed by atoms with Gasteiger partial charge < -0.3 is 4.90 Å². The Morgan fingerprint density at radius 3 is 2.52 bits per heavy atom. The van der Waals surface area contributed by atoms with Crippen LogP contribution in [0.3, 0.4) is 0 Å². The SMILES string of the molecule is O=C1C(=O)N(Cc2ccc(Cl)cc2Cl)c2cc(Br)ccc21. The van der Waals surface area contributed by atoms with Crippen LogP contribution in [0.25, 0.3) is 0 Å². The second-order valence-electron chi connectivity index (χ2n) is 4.62. The number of ketones is 1. The van der Waals surface area contributed by atoms with Crippen molar-refractivity contribution in [3.63, 3.8) is 0 Å². The van der Waals surface area contributed by atoms with Crippen molar-refractivity contribution in [3.05, 3.63) is 62.0 Å². The summed E-state index contributed by atoms with van der Waals surface area (Å²) in [6, 6.07) is 10.2. The van der Waals surface area contributed by atoms with Gasteiger partial charge in [-0.3, -0.25) is 9.59 Å². The Kier molecular flexibility index (Phi) is 3.78.